The molecule has 4 N–H and O–H groups in total. The van der Waals surface area contributed by atoms with Gasteiger partial charge in [0, 0.05) is 0 Å². The van der Waals surface area contributed by atoms with Crippen LogP contribution >= 0.6 is 0 Å². The van der Waals surface area contributed by atoms with Crippen molar-refractivity contribution in [2.75, 3.05) is 6.61 Å². The molecule has 0 saturated carbocycles. The smallest absolute Gasteiger partial charge is 0.229 e. The van der Waals surface area contributed by atoms with Gasteiger partial charge in [0.05, 0.1) is 6.61 Å². The van der Waals surface area contributed by atoms with Crippen molar-refractivity contribution in [2.24, 2.45) is 0 Å². The Kier molecular flexibility index (Phi) is 4.15. The first-order valence-electron chi connectivity index (χ1n) is 5.65. The van der Waals surface area contributed by atoms with Crippen LogP contribution in [0.1, 0.15) is 0 Å². The predicted molar refractivity (Wildman–Crippen MR) is 60.8 cm³/mol. The van der Waals surface area contributed by atoms with Gasteiger partial charge in [0.15, 0.2) is 0 Å². The molecule has 1 aromatic carbocycles. The maximum absolute atomic E-state index is 9.74. The molecular formula is C12H16O6. The molecule has 2 unspecified atom stereocenters. The lowest BCUT2D eigenvalue weighted by Crippen LogP contribution is -2.40. The first-order valence-corrected chi connectivity index (χ1v) is 5.65. The molecule has 100 valence electrons. The van der Waals surface area contributed by atoms with Gasteiger partial charge in [-0.25, -0.2) is 0 Å². The topological polar surface area (TPSA) is 99.4 Å². The van der Waals surface area contributed by atoms with Crippen molar-refractivity contribution in [1.82, 2.24) is 0 Å². The molecule has 0 spiro atoms. The lowest BCUT2D eigenvalue weighted by Gasteiger charge is -2.18. The number of benzene rings is 1. The summed E-state index contributed by atoms with van der Waals surface area (Å²) in [6.45, 7) is -0.563. The minimum Gasteiger partial charge on any atom is -0.462 e. The molecule has 1 heterocycles. The Hall–Kier alpha value is -1.18. The monoisotopic (exact) mass is 256 g/mol. The minimum atomic E-state index is -1.30. The molecule has 1 aliphatic heterocycles. The van der Waals surface area contributed by atoms with E-state index < -0.39 is 37.3 Å². The fourth-order valence-corrected chi connectivity index (χ4v) is 1.82. The molecule has 2 rings (SSSR count). The fraction of sp³-hybridized carbons (Fsp3) is 0.500. The zero-order valence-electron chi connectivity index (χ0n) is 9.59. The molecule has 0 aromatic heterocycles. The summed E-state index contributed by atoms with van der Waals surface area (Å²) < 4.78 is 10.6. The molecule has 1 aromatic rings. The Balaban J connectivity index is 2.03. The van der Waals surface area contributed by atoms with Crippen LogP contribution in [0.15, 0.2) is 30.3 Å². The highest BCUT2D eigenvalue weighted by Gasteiger charge is 2.47. The minimum absolute atomic E-state index is 0.480. The summed E-state index contributed by atoms with van der Waals surface area (Å²) in [5, 5.41) is 37.7. The Labute approximate surface area is 104 Å². The van der Waals surface area contributed by atoms with Crippen LogP contribution in [-0.2, 0) is 4.74 Å². The summed E-state index contributed by atoms with van der Waals surface area (Å²) in [6.07, 6.45) is -6.00. The predicted octanol–water partition coefficient (Wildman–Crippen LogP) is -1.13. The van der Waals surface area contributed by atoms with Crippen LogP contribution in [0.5, 0.6) is 5.75 Å². The van der Waals surface area contributed by atoms with Crippen molar-refractivity contribution in [3.63, 3.8) is 0 Å². The average Bonchev–Trinajstić information content (AvgIpc) is 2.67. The number of aliphatic hydroxyl groups is 4. The van der Waals surface area contributed by atoms with Gasteiger partial charge in [-0.1, -0.05) is 18.2 Å². The molecule has 0 amide bonds. The molecule has 5 atom stereocenters. The molecule has 0 aliphatic carbocycles. The number of rotatable bonds is 4. The van der Waals surface area contributed by atoms with Gasteiger partial charge < -0.3 is 29.9 Å². The number of hydrogen-bond donors (Lipinski definition) is 4. The maximum Gasteiger partial charge on any atom is 0.229 e. The highest BCUT2D eigenvalue weighted by Crippen LogP contribution is 2.26. The summed E-state index contributed by atoms with van der Waals surface area (Å²) in [5.74, 6) is 0.480. The van der Waals surface area contributed by atoms with Crippen molar-refractivity contribution in [1.29, 1.82) is 0 Å². The van der Waals surface area contributed by atoms with E-state index in [4.69, 9.17) is 14.6 Å². The molecule has 0 bridgehead atoms. The normalized spacial score (nSPS) is 33.3. The zero-order chi connectivity index (χ0) is 13.1. The van der Waals surface area contributed by atoms with E-state index in [1.54, 1.807) is 24.3 Å². The van der Waals surface area contributed by atoms with Crippen LogP contribution in [0.3, 0.4) is 0 Å². The Morgan fingerprint density at radius 1 is 1.17 bits per heavy atom. The molecule has 6 heteroatoms. The lowest BCUT2D eigenvalue weighted by atomic mass is 10.1. The number of aliphatic hydroxyl groups excluding tert-OH is 4. The highest BCUT2D eigenvalue weighted by molar-refractivity contribution is 5.21. The number of para-hydroxylation sites is 1. The van der Waals surface area contributed by atoms with Crippen LogP contribution < -0.4 is 4.74 Å². The van der Waals surface area contributed by atoms with E-state index in [2.05, 4.69) is 0 Å². The van der Waals surface area contributed by atoms with Gasteiger partial charge in [-0.15, -0.1) is 0 Å². The Morgan fingerprint density at radius 2 is 1.83 bits per heavy atom. The van der Waals surface area contributed by atoms with E-state index in [1.165, 1.54) is 0 Å². The Morgan fingerprint density at radius 3 is 2.44 bits per heavy atom. The second-order valence-electron chi connectivity index (χ2n) is 4.13. The van der Waals surface area contributed by atoms with Crippen LogP contribution in [0, 0.1) is 0 Å². The van der Waals surface area contributed by atoms with Crippen LogP contribution in [0.25, 0.3) is 0 Å². The van der Waals surface area contributed by atoms with Gasteiger partial charge in [0.2, 0.25) is 6.29 Å². The Bertz CT molecular complexity index is 370. The zero-order valence-corrected chi connectivity index (χ0v) is 9.59. The summed E-state index contributed by atoms with van der Waals surface area (Å²) >= 11 is 0. The van der Waals surface area contributed by atoms with E-state index >= 15 is 0 Å². The third kappa shape index (κ3) is 2.63. The van der Waals surface area contributed by atoms with Gasteiger partial charge in [-0.2, -0.15) is 0 Å². The first kappa shape index (κ1) is 13.3. The summed E-state index contributed by atoms with van der Waals surface area (Å²) in [5.41, 5.74) is 0. The standard InChI is InChI=1S/C12H16O6/c13-6-8(14)11-9(15)10(16)12(18-11)17-7-4-2-1-3-5-7/h1-5,8-16H,6H2/t8?,9-,10?,11+,12+/m0/s1. The van der Waals surface area contributed by atoms with Crippen molar-refractivity contribution >= 4 is 0 Å². The van der Waals surface area contributed by atoms with Crippen LogP contribution in [0.2, 0.25) is 0 Å². The van der Waals surface area contributed by atoms with E-state index in [0.717, 1.165) is 0 Å². The molecule has 1 fully saturated rings. The largest absolute Gasteiger partial charge is 0.462 e. The van der Waals surface area contributed by atoms with Crippen molar-refractivity contribution in [3.05, 3.63) is 30.3 Å². The van der Waals surface area contributed by atoms with Crippen molar-refractivity contribution < 1.29 is 29.9 Å². The number of ether oxygens (including phenoxy) is 2. The molecule has 1 saturated heterocycles. The van der Waals surface area contributed by atoms with E-state index in [0.29, 0.717) is 5.75 Å². The third-order valence-corrected chi connectivity index (χ3v) is 2.82. The summed E-state index contributed by atoms with van der Waals surface area (Å²) in [7, 11) is 0. The van der Waals surface area contributed by atoms with Crippen molar-refractivity contribution in [2.45, 2.75) is 30.7 Å². The van der Waals surface area contributed by atoms with Gasteiger partial charge in [0.1, 0.15) is 30.2 Å². The third-order valence-electron chi connectivity index (χ3n) is 2.82. The molecule has 0 radical (unpaired) electrons. The SMILES string of the molecule is OCC(O)[C@H]1O[C@@H](Oc2ccccc2)C(O)[C@@H]1O. The highest BCUT2D eigenvalue weighted by atomic mass is 16.7. The quantitative estimate of drug-likeness (QED) is 0.544. The molecular weight excluding hydrogens is 240 g/mol. The average molecular weight is 256 g/mol. The van der Waals surface area contributed by atoms with Gasteiger partial charge in [0.25, 0.3) is 0 Å². The van der Waals surface area contributed by atoms with Crippen molar-refractivity contribution in [3.8, 4) is 5.75 Å². The molecule has 6 nitrogen and oxygen atoms in total. The second kappa shape index (κ2) is 5.64. The van der Waals surface area contributed by atoms with Crippen LogP contribution in [0.4, 0.5) is 0 Å². The van der Waals surface area contributed by atoms with E-state index in [9.17, 15) is 15.3 Å². The second-order valence-corrected chi connectivity index (χ2v) is 4.13. The lowest BCUT2D eigenvalue weighted by molar-refractivity contribution is -0.137. The van der Waals surface area contributed by atoms with Crippen LogP contribution in [-0.4, -0.2) is 57.7 Å². The van der Waals surface area contributed by atoms with E-state index in [1.807, 2.05) is 6.07 Å². The molecule has 18 heavy (non-hydrogen) atoms. The molecule has 1 aliphatic rings. The van der Waals surface area contributed by atoms with Gasteiger partial charge in [-0.05, 0) is 12.1 Å². The maximum atomic E-state index is 9.74. The van der Waals surface area contributed by atoms with Gasteiger partial charge >= 0.3 is 0 Å². The van der Waals surface area contributed by atoms with Gasteiger partial charge in [-0.3, -0.25) is 0 Å². The first-order chi connectivity index (χ1) is 8.63. The number of hydrogen-bond acceptors (Lipinski definition) is 6. The summed E-state index contributed by atoms with van der Waals surface area (Å²) in [6, 6.07) is 8.68. The summed E-state index contributed by atoms with van der Waals surface area (Å²) in [4.78, 5) is 0. The fourth-order valence-electron chi connectivity index (χ4n) is 1.82. The van der Waals surface area contributed by atoms with E-state index in [-0.39, 0.29) is 0 Å².